The van der Waals surface area contributed by atoms with Crippen LogP contribution in [0.3, 0.4) is 0 Å². The van der Waals surface area contributed by atoms with Crippen molar-refractivity contribution in [3.63, 3.8) is 0 Å². The van der Waals surface area contributed by atoms with Gasteiger partial charge in [-0.3, -0.25) is 0 Å². The number of cyclic esters (lactones) is 1. The maximum absolute atomic E-state index is 12.0. The van der Waals surface area contributed by atoms with Crippen LogP contribution in [0.1, 0.15) is 24.8 Å². The van der Waals surface area contributed by atoms with Crippen molar-refractivity contribution >= 4 is 27.5 Å². The van der Waals surface area contributed by atoms with E-state index in [0.717, 1.165) is 34.4 Å². The minimum Gasteiger partial charge on any atom is -0.456 e. The molecule has 100 valence electrons. The van der Waals surface area contributed by atoms with Gasteiger partial charge in [-0.1, -0.05) is 28.1 Å². The maximum atomic E-state index is 12.0. The van der Waals surface area contributed by atoms with E-state index in [1.807, 2.05) is 24.3 Å². The van der Waals surface area contributed by atoms with Crippen molar-refractivity contribution < 1.29 is 9.53 Å². The van der Waals surface area contributed by atoms with Crippen LogP contribution in [0.2, 0.25) is 0 Å². The first-order valence-corrected chi connectivity index (χ1v) is 7.46. The second kappa shape index (κ2) is 5.37. The lowest BCUT2D eigenvalue weighted by molar-refractivity contribution is -0.134. The first-order chi connectivity index (χ1) is 9.25. The lowest BCUT2D eigenvalue weighted by Gasteiger charge is -2.29. The summed E-state index contributed by atoms with van der Waals surface area (Å²) in [5.74, 6) is -0.192. The highest BCUT2D eigenvalue weighted by Gasteiger charge is 2.30. The Labute approximate surface area is 121 Å². The van der Waals surface area contributed by atoms with Gasteiger partial charge in [-0.2, -0.15) is 0 Å². The van der Waals surface area contributed by atoms with Gasteiger partial charge in [0.1, 0.15) is 6.61 Å². The van der Waals surface area contributed by atoms with Gasteiger partial charge in [0.25, 0.3) is 0 Å². The molecule has 1 saturated heterocycles. The third-order valence-electron chi connectivity index (χ3n) is 3.70. The van der Waals surface area contributed by atoms with Crippen LogP contribution >= 0.6 is 15.9 Å². The van der Waals surface area contributed by atoms with Crippen molar-refractivity contribution in [3.05, 3.63) is 40.0 Å². The topological polar surface area (TPSA) is 29.5 Å². The Morgan fingerprint density at radius 3 is 2.42 bits per heavy atom. The molecule has 1 aromatic carbocycles. The quantitative estimate of drug-likeness (QED) is 0.783. The molecule has 0 N–H and O–H groups in total. The van der Waals surface area contributed by atoms with E-state index >= 15 is 0 Å². The Balaban J connectivity index is 1.97. The first kappa shape index (κ1) is 12.7. The van der Waals surface area contributed by atoms with Crippen LogP contribution in [0.5, 0.6) is 0 Å². The van der Waals surface area contributed by atoms with Crippen molar-refractivity contribution in [1.82, 2.24) is 4.90 Å². The Bertz CT molecular complexity index is 515. The van der Waals surface area contributed by atoms with Gasteiger partial charge < -0.3 is 9.64 Å². The average molecular weight is 322 g/mol. The molecule has 0 aliphatic carbocycles. The number of hydrogen-bond acceptors (Lipinski definition) is 3. The fourth-order valence-corrected chi connectivity index (χ4v) is 2.97. The van der Waals surface area contributed by atoms with E-state index in [4.69, 9.17) is 4.74 Å². The van der Waals surface area contributed by atoms with Gasteiger partial charge in [0, 0.05) is 17.6 Å². The maximum Gasteiger partial charge on any atom is 0.341 e. The Morgan fingerprint density at radius 2 is 1.74 bits per heavy atom. The monoisotopic (exact) mass is 321 g/mol. The molecule has 4 heteroatoms. The van der Waals surface area contributed by atoms with E-state index in [-0.39, 0.29) is 5.97 Å². The molecule has 1 aromatic rings. The number of carbonyl (C=O) groups is 1. The third kappa shape index (κ3) is 2.54. The number of hydrogen-bond donors (Lipinski definition) is 0. The molecule has 0 radical (unpaired) electrons. The molecule has 2 aliphatic rings. The number of carbonyl (C=O) groups excluding carboxylic acids is 1. The summed E-state index contributed by atoms with van der Waals surface area (Å²) in [5, 5.41) is 0. The molecule has 1 fully saturated rings. The van der Waals surface area contributed by atoms with E-state index in [9.17, 15) is 4.79 Å². The van der Waals surface area contributed by atoms with E-state index in [1.54, 1.807) is 0 Å². The zero-order valence-corrected chi connectivity index (χ0v) is 12.3. The number of halogens is 1. The molecular formula is C15H16BrNO2. The molecule has 0 aromatic heterocycles. The van der Waals surface area contributed by atoms with Gasteiger partial charge in [0.05, 0.1) is 11.3 Å². The zero-order chi connectivity index (χ0) is 13.2. The van der Waals surface area contributed by atoms with Crippen LogP contribution in [0.4, 0.5) is 0 Å². The highest BCUT2D eigenvalue weighted by Crippen LogP contribution is 2.30. The van der Waals surface area contributed by atoms with Crippen LogP contribution in [0, 0.1) is 0 Å². The summed E-state index contributed by atoms with van der Waals surface area (Å²) in [5.41, 5.74) is 2.76. The van der Waals surface area contributed by atoms with Crippen molar-refractivity contribution in [2.24, 2.45) is 0 Å². The second-order valence-corrected chi connectivity index (χ2v) is 5.87. The van der Waals surface area contributed by atoms with Gasteiger partial charge in [-0.25, -0.2) is 4.79 Å². The molecule has 2 heterocycles. The van der Waals surface area contributed by atoms with E-state index in [2.05, 4.69) is 20.8 Å². The molecule has 19 heavy (non-hydrogen) atoms. The van der Waals surface area contributed by atoms with E-state index < -0.39 is 0 Å². The summed E-state index contributed by atoms with van der Waals surface area (Å²) >= 11 is 3.42. The zero-order valence-electron chi connectivity index (χ0n) is 10.7. The summed E-state index contributed by atoms with van der Waals surface area (Å²) in [6.07, 6.45) is 3.68. The molecule has 0 amide bonds. The first-order valence-electron chi connectivity index (χ1n) is 6.67. The number of rotatable bonds is 2. The number of likely N-dealkylation sites (tertiary alicyclic amines) is 1. The van der Waals surface area contributed by atoms with E-state index in [1.165, 1.54) is 19.3 Å². The van der Waals surface area contributed by atoms with Crippen molar-refractivity contribution in [2.45, 2.75) is 19.3 Å². The van der Waals surface area contributed by atoms with Crippen molar-refractivity contribution in [3.8, 4) is 0 Å². The average Bonchev–Trinajstić information content (AvgIpc) is 2.83. The second-order valence-electron chi connectivity index (χ2n) is 4.95. The molecule has 0 unspecified atom stereocenters. The standard InChI is InChI=1S/C15H16BrNO2/c16-12-6-4-11(5-7-12)14-13(10-19-15(14)18)17-8-2-1-3-9-17/h4-7H,1-3,8-10H2. The highest BCUT2D eigenvalue weighted by atomic mass is 79.9. The van der Waals surface area contributed by atoms with Gasteiger partial charge in [0.15, 0.2) is 0 Å². The summed E-state index contributed by atoms with van der Waals surface area (Å²) in [4.78, 5) is 14.3. The summed E-state index contributed by atoms with van der Waals surface area (Å²) in [7, 11) is 0. The van der Waals surface area contributed by atoms with Gasteiger partial charge in [0.2, 0.25) is 0 Å². The molecule has 0 atom stereocenters. The smallest absolute Gasteiger partial charge is 0.341 e. The predicted octanol–water partition coefficient (Wildman–Crippen LogP) is 3.20. The van der Waals surface area contributed by atoms with Gasteiger partial charge in [-0.15, -0.1) is 0 Å². The third-order valence-corrected chi connectivity index (χ3v) is 4.23. The van der Waals surface area contributed by atoms with Crippen LogP contribution in [0.15, 0.2) is 34.4 Å². The summed E-state index contributed by atoms with van der Waals surface area (Å²) < 4.78 is 6.27. The van der Waals surface area contributed by atoms with Crippen LogP contribution < -0.4 is 0 Å². The molecule has 3 rings (SSSR count). The van der Waals surface area contributed by atoms with Gasteiger partial charge in [-0.05, 0) is 37.0 Å². The minimum absolute atomic E-state index is 0.192. The summed E-state index contributed by atoms with van der Waals surface area (Å²) in [6.45, 7) is 2.49. The Morgan fingerprint density at radius 1 is 1.05 bits per heavy atom. The van der Waals surface area contributed by atoms with Crippen molar-refractivity contribution in [1.29, 1.82) is 0 Å². The van der Waals surface area contributed by atoms with Crippen molar-refractivity contribution in [2.75, 3.05) is 19.7 Å². The largest absolute Gasteiger partial charge is 0.456 e. The fraction of sp³-hybridized carbons (Fsp3) is 0.400. The predicted molar refractivity (Wildman–Crippen MR) is 77.4 cm³/mol. The lowest BCUT2D eigenvalue weighted by Crippen LogP contribution is -2.30. The normalized spacial score (nSPS) is 19.8. The lowest BCUT2D eigenvalue weighted by atomic mass is 10.0. The van der Waals surface area contributed by atoms with Crippen LogP contribution in [-0.4, -0.2) is 30.6 Å². The Kier molecular flexibility index (Phi) is 3.60. The number of ether oxygens (including phenoxy) is 1. The number of piperidine rings is 1. The SMILES string of the molecule is O=C1OCC(N2CCCCC2)=C1c1ccc(Br)cc1. The van der Waals surface area contributed by atoms with Crippen LogP contribution in [0.25, 0.3) is 5.57 Å². The van der Waals surface area contributed by atoms with Gasteiger partial charge >= 0.3 is 5.97 Å². The molecule has 3 nitrogen and oxygen atoms in total. The molecule has 0 spiro atoms. The van der Waals surface area contributed by atoms with Crippen LogP contribution in [-0.2, 0) is 9.53 Å². The molecule has 2 aliphatic heterocycles. The fourth-order valence-electron chi connectivity index (χ4n) is 2.71. The number of nitrogens with zero attached hydrogens (tertiary/aromatic N) is 1. The molecule has 0 saturated carbocycles. The molecule has 0 bridgehead atoms. The Hall–Kier alpha value is -1.29. The summed E-state index contributed by atoms with van der Waals surface area (Å²) in [6, 6.07) is 7.86. The van der Waals surface area contributed by atoms with E-state index in [0.29, 0.717) is 6.61 Å². The number of benzene rings is 1. The highest BCUT2D eigenvalue weighted by molar-refractivity contribution is 9.10. The number of esters is 1. The molecular weight excluding hydrogens is 306 g/mol. The minimum atomic E-state index is -0.192.